The Balaban J connectivity index is 1.86. The Labute approximate surface area is 213 Å². The number of ether oxygens (including phenoxy) is 4. The summed E-state index contributed by atoms with van der Waals surface area (Å²) in [6.07, 6.45) is 0.0670. The summed E-state index contributed by atoms with van der Waals surface area (Å²) < 4.78 is 21.7. The fourth-order valence-corrected chi connectivity index (χ4v) is 4.33. The molecular weight excluding hydrogens is 466 g/mol. The van der Waals surface area contributed by atoms with Crippen LogP contribution in [0.1, 0.15) is 29.7 Å². The van der Waals surface area contributed by atoms with Crippen LogP contribution in [0.5, 0.6) is 23.0 Å². The molecule has 188 valence electrons. The van der Waals surface area contributed by atoms with Crippen molar-refractivity contribution in [1.82, 2.24) is 4.90 Å². The van der Waals surface area contributed by atoms with E-state index in [0.29, 0.717) is 41.1 Å². The summed E-state index contributed by atoms with van der Waals surface area (Å²) in [5.41, 5.74) is 2.96. The molecule has 3 aromatic carbocycles. The second kappa shape index (κ2) is 12.7. The quantitative estimate of drug-likeness (QED) is 0.353. The van der Waals surface area contributed by atoms with E-state index in [1.165, 1.54) is 0 Å². The fraction of sp³-hybridized carbons (Fsp3) is 0.357. The van der Waals surface area contributed by atoms with Gasteiger partial charge in [-0.05, 0) is 66.4 Å². The van der Waals surface area contributed by atoms with Crippen molar-refractivity contribution < 1.29 is 24.1 Å². The van der Waals surface area contributed by atoms with Crippen molar-refractivity contribution in [3.8, 4) is 23.0 Å². The molecule has 3 aromatic rings. The molecule has 0 saturated carbocycles. The second-order valence-electron chi connectivity index (χ2n) is 8.43. The average molecular weight is 500 g/mol. The number of hydrogen-bond acceptors (Lipinski definition) is 6. The Morgan fingerprint density at radius 1 is 0.771 bits per heavy atom. The Hall–Kier alpha value is -2.93. The zero-order chi connectivity index (χ0) is 25.4. The van der Waals surface area contributed by atoms with Gasteiger partial charge in [0, 0.05) is 24.2 Å². The maximum atomic E-state index is 11.1. The average Bonchev–Trinajstić information content (AvgIpc) is 2.87. The third-order valence-electron chi connectivity index (χ3n) is 6.08. The lowest BCUT2D eigenvalue weighted by atomic mass is 10.0. The number of nitrogens with zero attached hydrogens (tertiary/aromatic N) is 1. The van der Waals surface area contributed by atoms with Crippen LogP contribution >= 0.6 is 11.6 Å². The standard InChI is InChI=1S/C28H34ClNO5/c1-19(13-20-9-11-25(32-2)27(14-20)34-4)30(18-24(31)22-7-6-8-23(29)16-22)17-21-10-12-26(33-3)28(15-21)35-5/h6-12,14-16,19,24,31H,13,17-18H2,1-5H3/t19?,24-/m0/s1. The molecule has 0 radical (unpaired) electrons. The highest BCUT2D eigenvalue weighted by Crippen LogP contribution is 2.31. The fourth-order valence-electron chi connectivity index (χ4n) is 4.13. The lowest BCUT2D eigenvalue weighted by Gasteiger charge is -2.32. The number of benzene rings is 3. The van der Waals surface area contributed by atoms with Gasteiger partial charge in [-0.15, -0.1) is 0 Å². The van der Waals surface area contributed by atoms with Crippen LogP contribution in [0.3, 0.4) is 0 Å². The van der Waals surface area contributed by atoms with Gasteiger partial charge in [0.25, 0.3) is 0 Å². The molecule has 2 atom stereocenters. The van der Waals surface area contributed by atoms with E-state index in [1.54, 1.807) is 40.6 Å². The van der Waals surface area contributed by atoms with E-state index < -0.39 is 6.10 Å². The first kappa shape index (κ1) is 26.7. The van der Waals surface area contributed by atoms with Crippen LogP contribution in [0.15, 0.2) is 60.7 Å². The second-order valence-corrected chi connectivity index (χ2v) is 8.87. The summed E-state index contributed by atoms with van der Waals surface area (Å²) in [4.78, 5) is 2.25. The van der Waals surface area contributed by atoms with Crippen LogP contribution in [-0.2, 0) is 13.0 Å². The van der Waals surface area contributed by atoms with Gasteiger partial charge in [0.05, 0.1) is 34.5 Å². The lowest BCUT2D eigenvalue weighted by Crippen LogP contribution is -2.37. The summed E-state index contributed by atoms with van der Waals surface area (Å²) in [6.45, 7) is 3.21. The van der Waals surface area contributed by atoms with Gasteiger partial charge in [-0.3, -0.25) is 4.90 Å². The van der Waals surface area contributed by atoms with Gasteiger partial charge < -0.3 is 24.1 Å². The number of aliphatic hydroxyl groups is 1. The SMILES string of the molecule is COc1ccc(CC(C)N(Cc2ccc(OC)c(OC)c2)C[C@H](O)c2cccc(Cl)c2)cc1OC. The van der Waals surface area contributed by atoms with Gasteiger partial charge in [0.1, 0.15) is 0 Å². The summed E-state index contributed by atoms with van der Waals surface area (Å²) in [7, 11) is 6.51. The third-order valence-corrected chi connectivity index (χ3v) is 6.31. The van der Waals surface area contributed by atoms with Gasteiger partial charge in [-0.25, -0.2) is 0 Å². The van der Waals surface area contributed by atoms with E-state index in [2.05, 4.69) is 11.8 Å². The highest BCUT2D eigenvalue weighted by atomic mass is 35.5. The molecule has 0 aliphatic carbocycles. The molecule has 7 heteroatoms. The van der Waals surface area contributed by atoms with Crippen molar-refractivity contribution in [2.45, 2.75) is 32.0 Å². The molecule has 0 heterocycles. The molecule has 35 heavy (non-hydrogen) atoms. The van der Waals surface area contributed by atoms with Gasteiger partial charge >= 0.3 is 0 Å². The summed E-state index contributed by atoms with van der Waals surface area (Å²) in [5.74, 6) is 2.75. The number of aliphatic hydroxyl groups excluding tert-OH is 1. The van der Waals surface area contributed by atoms with Gasteiger partial charge in [-0.1, -0.05) is 35.9 Å². The summed E-state index contributed by atoms with van der Waals surface area (Å²) >= 11 is 6.17. The molecule has 6 nitrogen and oxygen atoms in total. The molecule has 0 saturated heterocycles. The van der Waals surface area contributed by atoms with Crippen molar-refractivity contribution in [1.29, 1.82) is 0 Å². The highest BCUT2D eigenvalue weighted by Gasteiger charge is 2.21. The maximum Gasteiger partial charge on any atom is 0.161 e. The number of hydrogen-bond donors (Lipinski definition) is 1. The number of rotatable bonds is 12. The van der Waals surface area contributed by atoms with Gasteiger partial charge in [-0.2, -0.15) is 0 Å². The van der Waals surface area contributed by atoms with Crippen LogP contribution in [0.25, 0.3) is 0 Å². The first-order valence-electron chi connectivity index (χ1n) is 11.5. The van der Waals surface area contributed by atoms with Crippen molar-refractivity contribution >= 4 is 11.6 Å². The highest BCUT2D eigenvalue weighted by molar-refractivity contribution is 6.30. The minimum absolute atomic E-state index is 0.107. The van der Waals surface area contributed by atoms with E-state index >= 15 is 0 Å². The minimum atomic E-state index is -0.693. The Morgan fingerprint density at radius 2 is 1.34 bits per heavy atom. The normalized spacial score (nSPS) is 12.8. The summed E-state index contributed by atoms with van der Waals surface area (Å²) in [6, 6.07) is 19.3. The van der Waals surface area contributed by atoms with Crippen molar-refractivity contribution in [3.63, 3.8) is 0 Å². The predicted molar refractivity (Wildman–Crippen MR) is 139 cm³/mol. The Bertz CT molecular complexity index is 1110. The Morgan fingerprint density at radius 3 is 1.91 bits per heavy atom. The molecule has 0 aromatic heterocycles. The zero-order valence-electron chi connectivity index (χ0n) is 21.0. The molecule has 0 aliphatic rings. The first-order chi connectivity index (χ1) is 16.9. The van der Waals surface area contributed by atoms with E-state index in [9.17, 15) is 5.11 Å². The topological polar surface area (TPSA) is 60.4 Å². The van der Waals surface area contributed by atoms with Crippen molar-refractivity contribution in [2.24, 2.45) is 0 Å². The molecule has 1 unspecified atom stereocenters. The van der Waals surface area contributed by atoms with E-state index in [4.69, 9.17) is 30.5 Å². The van der Waals surface area contributed by atoms with E-state index in [0.717, 1.165) is 23.1 Å². The van der Waals surface area contributed by atoms with Gasteiger partial charge in [0.15, 0.2) is 23.0 Å². The summed E-state index contributed by atoms with van der Waals surface area (Å²) in [5, 5.41) is 11.7. The van der Waals surface area contributed by atoms with Gasteiger partial charge in [0.2, 0.25) is 0 Å². The minimum Gasteiger partial charge on any atom is -0.493 e. The number of methoxy groups -OCH3 is 4. The van der Waals surface area contributed by atoms with E-state index in [-0.39, 0.29) is 6.04 Å². The molecule has 3 rings (SSSR count). The van der Waals surface area contributed by atoms with Crippen LogP contribution < -0.4 is 18.9 Å². The smallest absolute Gasteiger partial charge is 0.161 e. The van der Waals surface area contributed by atoms with E-state index in [1.807, 2.05) is 48.5 Å². The van der Waals surface area contributed by atoms with Crippen LogP contribution in [0.2, 0.25) is 5.02 Å². The maximum absolute atomic E-state index is 11.1. The Kier molecular flexibility index (Phi) is 9.66. The molecule has 0 spiro atoms. The van der Waals surface area contributed by atoms with Crippen LogP contribution in [-0.4, -0.2) is 51.0 Å². The molecule has 0 bridgehead atoms. The molecule has 0 amide bonds. The van der Waals surface area contributed by atoms with Crippen molar-refractivity contribution in [2.75, 3.05) is 35.0 Å². The zero-order valence-corrected chi connectivity index (χ0v) is 21.7. The number of halogens is 1. The monoisotopic (exact) mass is 499 g/mol. The predicted octanol–water partition coefficient (Wildman–Crippen LogP) is 5.54. The molecule has 0 fully saturated rings. The van der Waals surface area contributed by atoms with Crippen LogP contribution in [0, 0.1) is 0 Å². The van der Waals surface area contributed by atoms with Crippen LogP contribution in [0.4, 0.5) is 0 Å². The first-order valence-corrected chi connectivity index (χ1v) is 11.9. The lowest BCUT2D eigenvalue weighted by molar-refractivity contribution is 0.0858. The largest absolute Gasteiger partial charge is 0.493 e. The molecule has 1 N–H and O–H groups in total. The molecular formula is C28H34ClNO5. The molecule has 0 aliphatic heterocycles. The van der Waals surface area contributed by atoms with Crippen molar-refractivity contribution in [3.05, 3.63) is 82.4 Å². The third kappa shape index (κ3) is 7.04.